The fourth-order valence-electron chi connectivity index (χ4n) is 3.17. The summed E-state index contributed by atoms with van der Waals surface area (Å²) in [4.78, 5) is 22.5. The lowest BCUT2D eigenvalue weighted by Crippen LogP contribution is -2.38. The third-order valence-electron chi connectivity index (χ3n) is 4.80. The average molecular weight is 426 g/mol. The van der Waals surface area contributed by atoms with Crippen LogP contribution in [-0.4, -0.2) is 56.8 Å². The number of hydrogen-bond donors (Lipinski definition) is 2. The molecule has 0 aliphatic carbocycles. The Morgan fingerprint density at radius 2 is 1.97 bits per heavy atom. The second kappa shape index (κ2) is 12.1. The molecule has 0 saturated carbocycles. The molecule has 10 heteroatoms. The number of nitrogens with zero attached hydrogens (tertiary/aromatic N) is 4. The fraction of sp³-hybridized carbons (Fsp3) is 0.474. The number of hydrogen-bond acceptors (Lipinski definition) is 5. The first-order valence-corrected chi connectivity index (χ1v) is 9.73. The van der Waals surface area contributed by atoms with E-state index in [1.54, 1.807) is 29.4 Å². The molecule has 1 aromatic carbocycles. The number of carbonyl (C=O) groups excluding carboxylic acids is 1. The first kappa shape index (κ1) is 22.8. The van der Waals surface area contributed by atoms with Gasteiger partial charge in [-0.25, -0.2) is 4.39 Å². The molecular weight excluding hydrogens is 401 g/mol. The number of piperidine rings is 1. The van der Waals surface area contributed by atoms with E-state index in [9.17, 15) is 9.18 Å². The first-order valence-electron chi connectivity index (χ1n) is 9.35. The zero-order valence-corrected chi connectivity index (χ0v) is 16.8. The monoisotopic (exact) mass is 425 g/mol. The van der Waals surface area contributed by atoms with E-state index in [4.69, 9.17) is 21.5 Å². The van der Waals surface area contributed by atoms with Crippen molar-refractivity contribution in [2.75, 3.05) is 19.6 Å². The minimum absolute atomic E-state index is 0.0410. The number of aryl methyl sites for hydroxylation is 1. The minimum Gasteiger partial charge on any atom is -0.483 e. The lowest BCUT2D eigenvalue weighted by Gasteiger charge is -2.32. The predicted octanol–water partition coefficient (Wildman–Crippen LogP) is 2.19. The topological polar surface area (TPSA) is 100 Å². The second-order valence-corrected chi connectivity index (χ2v) is 7.19. The summed E-state index contributed by atoms with van der Waals surface area (Å²) in [5.74, 6) is 0.250. The predicted molar refractivity (Wildman–Crippen MR) is 106 cm³/mol. The minimum atomic E-state index is -0.250. The molecule has 1 aliphatic rings. The highest BCUT2D eigenvalue weighted by Gasteiger charge is 2.21. The summed E-state index contributed by atoms with van der Waals surface area (Å²) in [6, 6.07) is 4.80. The maximum absolute atomic E-state index is 13.9. The van der Waals surface area contributed by atoms with Crippen molar-refractivity contribution in [1.29, 1.82) is 0 Å². The average Bonchev–Trinajstić information content (AvgIpc) is 3.23. The molecule has 2 N–H and O–H groups in total. The number of rotatable bonds is 7. The van der Waals surface area contributed by atoms with Gasteiger partial charge in [0.2, 0.25) is 5.91 Å². The molecular formula is C19H25ClFN5O3. The molecule has 2 aromatic rings. The summed E-state index contributed by atoms with van der Waals surface area (Å²) in [5, 5.41) is 17.8. The highest BCUT2D eigenvalue weighted by molar-refractivity contribution is 6.31. The fourth-order valence-corrected chi connectivity index (χ4v) is 3.39. The third kappa shape index (κ3) is 7.78. The van der Waals surface area contributed by atoms with Crippen molar-refractivity contribution >= 4 is 24.0 Å². The van der Waals surface area contributed by atoms with Crippen LogP contribution in [0.5, 0.6) is 0 Å². The molecule has 0 radical (unpaired) electrons. The molecule has 1 amide bonds. The number of carboxylic acid groups (broad SMARTS) is 1. The van der Waals surface area contributed by atoms with Crippen molar-refractivity contribution in [2.24, 2.45) is 5.92 Å². The highest BCUT2D eigenvalue weighted by atomic mass is 35.5. The Labute approximate surface area is 173 Å². The molecule has 1 saturated heterocycles. The molecule has 0 atom stereocenters. The number of nitrogens with one attached hydrogen (secondary N) is 1. The van der Waals surface area contributed by atoms with Gasteiger partial charge in [-0.15, -0.1) is 10.2 Å². The number of carbonyl (C=O) groups is 2. The van der Waals surface area contributed by atoms with E-state index in [-0.39, 0.29) is 18.2 Å². The van der Waals surface area contributed by atoms with Gasteiger partial charge in [-0.1, -0.05) is 17.7 Å². The zero-order chi connectivity index (χ0) is 21.1. The van der Waals surface area contributed by atoms with Crippen LogP contribution < -0.4 is 5.32 Å². The van der Waals surface area contributed by atoms with Crippen molar-refractivity contribution in [3.8, 4) is 0 Å². The van der Waals surface area contributed by atoms with E-state index in [0.29, 0.717) is 42.6 Å². The van der Waals surface area contributed by atoms with Gasteiger partial charge in [-0.3, -0.25) is 14.5 Å². The Hall–Kier alpha value is -2.52. The Morgan fingerprint density at radius 1 is 1.31 bits per heavy atom. The molecule has 1 aliphatic heterocycles. The van der Waals surface area contributed by atoms with Gasteiger partial charge in [-0.05, 0) is 44.0 Å². The first-order chi connectivity index (χ1) is 14.0. The number of likely N-dealkylation sites (tertiary alicyclic amines) is 1. The summed E-state index contributed by atoms with van der Waals surface area (Å²) in [6.45, 7) is 3.32. The molecule has 1 aromatic heterocycles. The lowest BCUT2D eigenvalue weighted by atomic mass is 9.96. The van der Waals surface area contributed by atoms with Gasteiger partial charge < -0.3 is 15.0 Å². The van der Waals surface area contributed by atoms with Crippen molar-refractivity contribution in [3.05, 3.63) is 47.3 Å². The SMILES string of the molecule is O=C(CCn1cnnc1)NCC1CCN(Cc2c(F)cccc2Cl)CC1.O=CO. The Morgan fingerprint density at radius 3 is 2.59 bits per heavy atom. The molecule has 1 fully saturated rings. The second-order valence-electron chi connectivity index (χ2n) is 6.78. The number of aromatic nitrogens is 3. The molecule has 158 valence electrons. The number of benzene rings is 1. The standard InChI is InChI=1S/C18H23ClFN5O.CH2O2/c19-16-2-1-3-17(20)15(16)11-24-7-4-14(5-8-24)10-21-18(26)6-9-25-12-22-23-13-25;2-1-3/h1-3,12-14H,4-11H2,(H,21,26);1H,(H,2,3). The van der Waals surface area contributed by atoms with E-state index in [1.165, 1.54) is 6.07 Å². The maximum Gasteiger partial charge on any atom is 0.290 e. The van der Waals surface area contributed by atoms with Gasteiger partial charge in [0.1, 0.15) is 18.5 Å². The molecule has 8 nitrogen and oxygen atoms in total. The van der Waals surface area contributed by atoms with Gasteiger partial charge >= 0.3 is 0 Å². The Kier molecular flexibility index (Phi) is 9.52. The smallest absolute Gasteiger partial charge is 0.290 e. The van der Waals surface area contributed by atoms with Crippen molar-refractivity contribution in [1.82, 2.24) is 25.0 Å². The van der Waals surface area contributed by atoms with Crippen molar-refractivity contribution in [3.63, 3.8) is 0 Å². The molecule has 29 heavy (non-hydrogen) atoms. The summed E-state index contributed by atoms with van der Waals surface area (Å²) in [6.07, 6.45) is 5.59. The van der Waals surface area contributed by atoms with Crippen LogP contribution in [-0.2, 0) is 22.7 Å². The van der Waals surface area contributed by atoms with Gasteiger partial charge in [0.25, 0.3) is 6.47 Å². The van der Waals surface area contributed by atoms with Crippen LogP contribution in [0.4, 0.5) is 4.39 Å². The van der Waals surface area contributed by atoms with Crippen LogP contribution >= 0.6 is 11.6 Å². The molecule has 0 bridgehead atoms. The number of halogens is 2. The molecule has 2 heterocycles. The van der Waals surface area contributed by atoms with Gasteiger partial charge in [-0.2, -0.15) is 0 Å². The van der Waals surface area contributed by atoms with E-state index < -0.39 is 0 Å². The van der Waals surface area contributed by atoms with E-state index in [2.05, 4.69) is 20.4 Å². The van der Waals surface area contributed by atoms with Crippen LogP contribution in [0.2, 0.25) is 5.02 Å². The molecule has 3 rings (SSSR count). The Balaban J connectivity index is 0.000000941. The zero-order valence-electron chi connectivity index (χ0n) is 16.0. The maximum atomic E-state index is 13.9. The van der Waals surface area contributed by atoms with E-state index in [0.717, 1.165) is 25.9 Å². The van der Waals surface area contributed by atoms with Crippen molar-refractivity contribution < 1.29 is 19.1 Å². The lowest BCUT2D eigenvalue weighted by molar-refractivity contribution is -0.123. The van der Waals surface area contributed by atoms with E-state index in [1.807, 2.05) is 0 Å². The summed E-state index contributed by atoms with van der Waals surface area (Å²) >= 11 is 6.10. The number of amides is 1. The quantitative estimate of drug-likeness (QED) is 0.659. The highest BCUT2D eigenvalue weighted by Crippen LogP contribution is 2.24. The van der Waals surface area contributed by atoms with Crippen LogP contribution in [0.25, 0.3) is 0 Å². The van der Waals surface area contributed by atoms with Crippen LogP contribution in [0.1, 0.15) is 24.8 Å². The van der Waals surface area contributed by atoms with Gasteiger partial charge in [0, 0.05) is 36.6 Å². The van der Waals surface area contributed by atoms with Crippen LogP contribution in [0.15, 0.2) is 30.9 Å². The molecule has 0 spiro atoms. The van der Waals surface area contributed by atoms with Crippen LogP contribution in [0, 0.1) is 11.7 Å². The van der Waals surface area contributed by atoms with Crippen molar-refractivity contribution in [2.45, 2.75) is 32.4 Å². The largest absolute Gasteiger partial charge is 0.483 e. The normalized spacial score (nSPS) is 14.7. The van der Waals surface area contributed by atoms with Crippen LogP contribution in [0.3, 0.4) is 0 Å². The van der Waals surface area contributed by atoms with Gasteiger partial charge in [0.15, 0.2) is 0 Å². The third-order valence-corrected chi connectivity index (χ3v) is 5.16. The summed E-state index contributed by atoms with van der Waals surface area (Å²) in [5.41, 5.74) is 0.565. The van der Waals surface area contributed by atoms with Gasteiger partial charge in [0.05, 0.1) is 0 Å². The molecule has 0 unspecified atom stereocenters. The Bertz CT molecular complexity index is 747. The summed E-state index contributed by atoms with van der Waals surface area (Å²) in [7, 11) is 0. The van der Waals surface area contributed by atoms with E-state index >= 15 is 0 Å². The summed E-state index contributed by atoms with van der Waals surface area (Å²) < 4.78 is 15.7.